The Hall–Kier alpha value is -1.39. The summed E-state index contributed by atoms with van der Waals surface area (Å²) < 4.78 is 8.82. The summed E-state index contributed by atoms with van der Waals surface area (Å²) in [5.74, 6) is -1.44. The van der Waals surface area contributed by atoms with E-state index in [1.54, 1.807) is 6.92 Å². The Balaban J connectivity index is 3.52. The van der Waals surface area contributed by atoms with Crippen LogP contribution in [0.1, 0.15) is 20.3 Å². The molecule has 0 aliphatic rings. The minimum Gasteiger partial charge on any atom is -0.455 e. The lowest BCUT2D eigenvalue weighted by Gasteiger charge is -2.02. The summed E-state index contributed by atoms with van der Waals surface area (Å²) in [6.45, 7) is 2.16. The molecule has 5 heteroatoms. The molecular weight excluding hydrogens is 176 g/mol. The average molecular weight is 188 g/mol. The molecule has 0 fully saturated rings. The molecule has 0 aliphatic carbocycles. The summed E-state index contributed by atoms with van der Waals surface area (Å²) in [6.07, 6.45) is 0.320. The average Bonchev–Trinajstić information content (AvgIpc) is 2.10. The van der Waals surface area contributed by atoms with Gasteiger partial charge in [-0.25, -0.2) is 4.79 Å². The zero-order chi connectivity index (χ0) is 10.3. The molecule has 0 bridgehead atoms. The van der Waals surface area contributed by atoms with Crippen molar-refractivity contribution in [1.29, 1.82) is 0 Å². The van der Waals surface area contributed by atoms with E-state index in [0.29, 0.717) is 6.42 Å². The standard InChI is InChI=1S/C8H12O5/c1-3-7(10)4-13-8(11)5-12-6(2)9/h3-5H2,1-2H3. The first-order valence-corrected chi connectivity index (χ1v) is 3.87. The van der Waals surface area contributed by atoms with Gasteiger partial charge in [-0.3, -0.25) is 9.59 Å². The number of hydrogen-bond donors (Lipinski definition) is 0. The van der Waals surface area contributed by atoms with Crippen molar-refractivity contribution in [2.24, 2.45) is 0 Å². The highest BCUT2D eigenvalue weighted by molar-refractivity contribution is 5.82. The molecule has 74 valence electrons. The van der Waals surface area contributed by atoms with Crippen LogP contribution in [0.25, 0.3) is 0 Å². The number of ether oxygens (including phenoxy) is 2. The molecule has 0 saturated carbocycles. The van der Waals surface area contributed by atoms with Gasteiger partial charge in [0.25, 0.3) is 0 Å². The summed E-state index contributed by atoms with van der Waals surface area (Å²) in [5, 5.41) is 0. The van der Waals surface area contributed by atoms with Gasteiger partial charge in [0.2, 0.25) is 0 Å². The Bertz CT molecular complexity index is 209. The molecule has 0 aromatic carbocycles. The fourth-order valence-corrected chi connectivity index (χ4v) is 0.465. The fourth-order valence-electron chi connectivity index (χ4n) is 0.465. The zero-order valence-electron chi connectivity index (χ0n) is 7.66. The predicted molar refractivity (Wildman–Crippen MR) is 42.9 cm³/mol. The number of ketones is 1. The Morgan fingerprint density at radius 2 is 1.69 bits per heavy atom. The van der Waals surface area contributed by atoms with Crippen LogP contribution >= 0.6 is 0 Å². The van der Waals surface area contributed by atoms with E-state index in [1.807, 2.05) is 0 Å². The van der Waals surface area contributed by atoms with E-state index in [1.165, 1.54) is 6.92 Å². The number of rotatable bonds is 5. The number of hydrogen-bond acceptors (Lipinski definition) is 5. The van der Waals surface area contributed by atoms with Crippen LogP contribution in [-0.4, -0.2) is 30.9 Å². The van der Waals surface area contributed by atoms with Gasteiger partial charge in [-0.15, -0.1) is 0 Å². The van der Waals surface area contributed by atoms with E-state index in [9.17, 15) is 14.4 Å². The number of carbonyl (C=O) groups excluding carboxylic acids is 3. The molecule has 0 amide bonds. The Kier molecular flexibility index (Phi) is 5.50. The van der Waals surface area contributed by atoms with Gasteiger partial charge >= 0.3 is 11.9 Å². The quantitative estimate of drug-likeness (QED) is 0.571. The molecule has 0 rings (SSSR count). The molecule has 0 heterocycles. The monoisotopic (exact) mass is 188 g/mol. The molecule has 0 unspecified atom stereocenters. The summed E-state index contributed by atoms with van der Waals surface area (Å²) >= 11 is 0. The maximum Gasteiger partial charge on any atom is 0.344 e. The van der Waals surface area contributed by atoms with Crippen molar-refractivity contribution in [3.63, 3.8) is 0 Å². The van der Waals surface area contributed by atoms with Crippen LogP contribution in [0, 0.1) is 0 Å². The van der Waals surface area contributed by atoms with Crippen molar-refractivity contribution in [2.45, 2.75) is 20.3 Å². The van der Waals surface area contributed by atoms with Crippen molar-refractivity contribution in [3.8, 4) is 0 Å². The Labute approximate surface area is 76.0 Å². The molecule has 13 heavy (non-hydrogen) atoms. The van der Waals surface area contributed by atoms with E-state index in [2.05, 4.69) is 9.47 Å². The molecule has 0 radical (unpaired) electrons. The highest BCUT2D eigenvalue weighted by atomic mass is 16.6. The highest BCUT2D eigenvalue weighted by Gasteiger charge is 2.07. The maximum atomic E-state index is 10.7. The molecule has 0 N–H and O–H groups in total. The van der Waals surface area contributed by atoms with E-state index < -0.39 is 18.5 Å². The maximum absolute atomic E-state index is 10.7. The third kappa shape index (κ3) is 6.99. The third-order valence-corrected chi connectivity index (χ3v) is 1.18. The molecule has 5 nitrogen and oxygen atoms in total. The van der Waals surface area contributed by atoms with Gasteiger partial charge in [0.05, 0.1) is 0 Å². The van der Waals surface area contributed by atoms with Gasteiger partial charge in [0, 0.05) is 13.3 Å². The van der Waals surface area contributed by atoms with Gasteiger partial charge in [-0.2, -0.15) is 0 Å². The predicted octanol–water partition coefficient (Wildman–Crippen LogP) is 0.0718. The van der Waals surface area contributed by atoms with E-state index in [4.69, 9.17) is 0 Å². The summed E-state index contributed by atoms with van der Waals surface area (Å²) in [5.41, 5.74) is 0. The normalized spacial score (nSPS) is 9.08. The largest absolute Gasteiger partial charge is 0.455 e. The summed E-state index contributed by atoms with van der Waals surface area (Å²) in [7, 11) is 0. The lowest BCUT2D eigenvalue weighted by atomic mass is 10.3. The van der Waals surface area contributed by atoms with Gasteiger partial charge < -0.3 is 9.47 Å². The summed E-state index contributed by atoms with van der Waals surface area (Å²) in [6, 6.07) is 0. The van der Waals surface area contributed by atoms with Crippen LogP contribution in [0.15, 0.2) is 0 Å². The van der Waals surface area contributed by atoms with E-state index in [0.717, 1.165) is 0 Å². The van der Waals surface area contributed by atoms with Crippen LogP contribution in [-0.2, 0) is 23.9 Å². The van der Waals surface area contributed by atoms with Crippen molar-refractivity contribution in [1.82, 2.24) is 0 Å². The molecule has 0 atom stereocenters. The molecule has 0 spiro atoms. The van der Waals surface area contributed by atoms with Gasteiger partial charge in [-0.1, -0.05) is 6.92 Å². The van der Waals surface area contributed by atoms with Crippen molar-refractivity contribution in [2.75, 3.05) is 13.2 Å². The van der Waals surface area contributed by atoms with Crippen molar-refractivity contribution < 1.29 is 23.9 Å². The molecule has 0 saturated heterocycles. The molecule has 0 aromatic heterocycles. The van der Waals surface area contributed by atoms with Crippen LogP contribution in [0.2, 0.25) is 0 Å². The van der Waals surface area contributed by atoms with Crippen LogP contribution in [0.5, 0.6) is 0 Å². The number of carbonyl (C=O) groups is 3. The SMILES string of the molecule is CCC(=O)COC(=O)COC(C)=O. The van der Waals surface area contributed by atoms with Crippen molar-refractivity contribution >= 4 is 17.7 Å². The van der Waals surface area contributed by atoms with Crippen molar-refractivity contribution in [3.05, 3.63) is 0 Å². The second-order valence-corrected chi connectivity index (χ2v) is 2.33. The first-order chi connectivity index (χ1) is 6.06. The minimum atomic E-state index is -0.711. The van der Waals surface area contributed by atoms with Gasteiger partial charge in [0.1, 0.15) is 6.61 Å². The lowest BCUT2D eigenvalue weighted by molar-refractivity contribution is -0.158. The second-order valence-electron chi connectivity index (χ2n) is 2.33. The Morgan fingerprint density at radius 1 is 1.08 bits per heavy atom. The van der Waals surface area contributed by atoms with E-state index in [-0.39, 0.29) is 12.4 Å². The number of esters is 2. The first kappa shape index (κ1) is 11.6. The van der Waals surface area contributed by atoms with Crippen LogP contribution in [0.3, 0.4) is 0 Å². The fraction of sp³-hybridized carbons (Fsp3) is 0.625. The summed E-state index contributed by atoms with van der Waals surface area (Å²) in [4.78, 5) is 31.6. The Morgan fingerprint density at radius 3 is 2.15 bits per heavy atom. The first-order valence-electron chi connectivity index (χ1n) is 3.87. The smallest absolute Gasteiger partial charge is 0.344 e. The van der Waals surface area contributed by atoms with Crippen LogP contribution < -0.4 is 0 Å². The van der Waals surface area contributed by atoms with Gasteiger partial charge in [-0.05, 0) is 0 Å². The highest BCUT2D eigenvalue weighted by Crippen LogP contribution is 1.86. The van der Waals surface area contributed by atoms with Gasteiger partial charge in [0.15, 0.2) is 12.4 Å². The second kappa shape index (κ2) is 6.16. The minimum absolute atomic E-state index is 0.170. The molecule has 0 aliphatic heterocycles. The molecule has 0 aromatic rings. The number of Topliss-reactive ketones (excluding diaryl/α,β-unsaturated/α-hetero) is 1. The third-order valence-electron chi connectivity index (χ3n) is 1.18. The van der Waals surface area contributed by atoms with E-state index >= 15 is 0 Å². The van der Waals surface area contributed by atoms with Crippen LogP contribution in [0.4, 0.5) is 0 Å². The lowest BCUT2D eigenvalue weighted by Crippen LogP contribution is -2.18. The zero-order valence-corrected chi connectivity index (χ0v) is 7.66. The molecular formula is C8H12O5. The topological polar surface area (TPSA) is 69.7 Å².